The summed E-state index contributed by atoms with van der Waals surface area (Å²) < 4.78 is 0. The standard InChI is InChI=1S/C14H23N3/c1-3-16-14-5-4-10-17(11-14)12(2)13-6-8-15-9-7-13/h6-9,12,14,16H,3-5,10-11H2,1-2H3. The summed E-state index contributed by atoms with van der Waals surface area (Å²) in [6.45, 7) is 7.93. The summed E-state index contributed by atoms with van der Waals surface area (Å²) in [5, 5.41) is 3.57. The van der Waals surface area contributed by atoms with E-state index in [0.717, 1.165) is 13.1 Å². The van der Waals surface area contributed by atoms with Crippen molar-refractivity contribution in [2.75, 3.05) is 19.6 Å². The first-order chi connectivity index (χ1) is 8.31. The van der Waals surface area contributed by atoms with Gasteiger partial charge in [-0.25, -0.2) is 0 Å². The summed E-state index contributed by atoms with van der Waals surface area (Å²) >= 11 is 0. The van der Waals surface area contributed by atoms with Crippen LogP contribution in [0.15, 0.2) is 24.5 Å². The molecule has 17 heavy (non-hydrogen) atoms. The van der Waals surface area contributed by atoms with Crippen LogP contribution in [0.5, 0.6) is 0 Å². The Labute approximate surface area is 104 Å². The van der Waals surface area contributed by atoms with Crippen LogP contribution >= 0.6 is 0 Å². The lowest BCUT2D eigenvalue weighted by atomic mass is 10.0. The van der Waals surface area contributed by atoms with Gasteiger partial charge in [0.2, 0.25) is 0 Å². The molecule has 2 unspecified atom stereocenters. The molecule has 1 aromatic heterocycles. The van der Waals surface area contributed by atoms with Gasteiger partial charge in [-0.3, -0.25) is 9.88 Å². The molecule has 1 aliphatic heterocycles. The van der Waals surface area contributed by atoms with E-state index in [2.05, 4.69) is 41.2 Å². The Balaban J connectivity index is 1.97. The molecular weight excluding hydrogens is 210 g/mol. The number of likely N-dealkylation sites (N-methyl/N-ethyl adjacent to an activating group) is 1. The van der Waals surface area contributed by atoms with Crippen LogP contribution in [0.3, 0.4) is 0 Å². The maximum Gasteiger partial charge on any atom is 0.0321 e. The minimum absolute atomic E-state index is 0.499. The van der Waals surface area contributed by atoms with E-state index in [-0.39, 0.29) is 0 Å². The number of hydrogen-bond acceptors (Lipinski definition) is 3. The minimum Gasteiger partial charge on any atom is -0.313 e. The Morgan fingerprint density at radius 2 is 2.24 bits per heavy atom. The Kier molecular flexibility index (Phi) is 4.51. The second kappa shape index (κ2) is 6.12. The van der Waals surface area contributed by atoms with Crippen molar-refractivity contribution in [3.8, 4) is 0 Å². The number of nitrogens with one attached hydrogen (secondary N) is 1. The van der Waals surface area contributed by atoms with E-state index in [1.807, 2.05) is 12.4 Å². The predicted molar refractivity (Wildman–Crippen MR) is 70.9 cm³/mol. The van der Waals surface area contributed by atoms with E-state index >= 15 is 0 Å². The van der Waals surface area contributed by atoms with Crippen molar-refractivity contribution in [3.05, 3.63) is 30.1 Å². The fourth-order valence-electron chi connectivity index (χ4n) is 2.67. The Hall–Kier alpha value is -0.930. The SMILES string of the molecule is CCNC1CCCN(C(C)c2ccncc2)C1. The second-order valence-electron chi connectivity index (χ2n) is 4.85. The third-order valence-electron chi connectivity index (χ3n) is 3.68. The molecule has 3 heteroatoms. The molecule has 0 bridgehead atoms. The van der Waals surface area contributed by atoms with Gasteiger partial charge in [0.05, 0.1) is 0 Å². The van der Waals surface area contributed by atoms with Crippen molar-refractivity contribution in [1.29, 1.82) is 0 Å². The van der Waals surface area contributed by atoms with Gasteiger partial charge in [0, 0.05) is 31.0 Å². The van der Waals surface area contributed by atoms with Crippen LogP contribution in [-0.2, 0) is 0 Å². The molecular formula is C14H23N3. The largest absolute Gasteiger partial charge is 0.313 e. The minimum atomic E-state index is 0.499. The van der Waals surface area contributed by atoms with E-state index in [4.69, 9.17) is 0 Å². The highest BCUT2D eigenvalue weighted by Crippen LogP contribution is 2.23. The molecule has 0 saturated carbocycles. The van der Waals surface area contributed by atoms with Gasteiger partial charge in [0.15, 0.2) is 0 Å². The number of likely N-dealkylation sites (tertiary alicyclic amines) is 1. The lowest BCUT2D eigenvalue weighted by Crippen LogP contribution is -2.46. The quantitative estimate of drug-likeness (QED) is 0.864. The van der Waals surface area contributed by atoms with E-state index in [0.29, 0.717) is 12.1 Å². The molecule has 1 N–H and O–H groups in total. The molecule has 0 radical (unpaired) electrons. The molecule has 1 saturated heterocycles. The maximum absolute atomic E-state index is 4.09. The van der Waals surface area contributed by atoms with Gasteiger partial charge in [-0.15, -0.1) is 0 Å². The van der Waals surface area contributed by atoms with Crippen LogP contribution in [0.1, 0.15) is 38.3 Å². The average Bonchev–Trinajstić information content (AvgIpc) is 2.40. The Bertz CT molecular complexity index is 323. The zero-order valence-corrected chi connectivity index (χ0v) is 10.9. The Morgan fingerprint density at radius 3 is 2.94 bits per heavy atom. The average molecular weight is 233 g/mol. The summed E-state index contributed by atoms with van der Waals surface area (Å²) in [5.41, 5.74) is 1.37. The first kappa shape index (κ1) is 12.5. The van der Waals surface area contributed by atoms with Gasteiger partial charge >= 0.3 is 0 Å². The highest BCUT2D eigenvalue weighted by Gasteiger charge is 2.23. The van der Waals surface area contributed by atoms with Gasteiger partial charge in [0.1, 0.15) is 0 Å². The normalized spacial score (nSPS) is 23.5. The van der Waals surface area contributed by atoms with Crippen molar-refractivity contribution in [2.45, 2.75) is 38.8 Å². The third-order valence-corrected chi connectivity index (χ3v) is 3.68. The van der Waals surface area contributed by atoms with Crippen LogP contribution in [0.2, 0.25) is 0 Å². The lowest BCUT2D eigenvalue weighted by molar-refractivity contribution is 0.147. The van der Waals surface area contributed by atoms with Gasteiger partial charge in [-0.1, -0.05) is 6.92 Å². The van der Waals surface area contributed by atoms with Crippen LogP contribution in [0.4, 0.5) is 0 Å². The topological polar surface area (TPSA) is 28.2 Å². The van der Waals surface area contributed by atoms with Crippen LogP contribution < -0.4 is 5.32 Å². The molecule has 0 aliphatic carbocycles. The van der Waals surface area contributed by atoms with E-state index in [1.165, 1.54) is 24.9 Å². The highest BCUT2D eigenvalue weighted by molar-refractivity contribution is 5.14. The molecule has 1 aliphatic rings. The van der Waals surface area contributed by atoms with Crippen LogP contribution in [-0.4, -0.2) is 35.6 Å². The summed E-state index contributed by atoms with van der Waals surface area (Å²) in [6, 6.07) is 5.42. The van der Waals surface area contributed by atoms with Crippen molar-refractivity contribution in [3.63, 3.8) is 0 Å². The van der Waals surface area contributed by atoms with E-state index in [9.17, 15) is 0 Å². The fourth-order valence-corrected chi connectivity index (χ4v) is 2.67. The van der Waals surface area contributed by atoms with Gasteiger partial charge in [-0.05, 0) is 50.6 Å². The number of rotatable bonds is 4. The van der Waals surface area contributed by atoms with E-state index < -0.39 is 0 Å². The zero-order valence-electron chi connectivity index (χ0n) is 10.9. The molecule has 0 aromatic carbocycles. The number of pyridine rings is 1. The number of hydrogen-bond donors (Lipinski definition) is 1. The van der Waals surface area contributed by atoms with E-state index in [1.54, 1.807) is 0 Å². The number of aromatic nitrogens is 1. The highest BCUT2D eigenvalue weighted by atomic mass is 15.2. The molecule has 94 valence electrons. The summed E-state index contributed by atoms with van der Waals surface area (Å²) in [5.74, 6) is 0. The van der Waals surface area contributed by atoms with Gasteiger partial charge in [-0.2, -0.15) is 0 Å². The first-order valence-electron chi connectivity index (χ1n) is 6.68. The van der Waals surface area contributed by atoms with Crippen molar-refractivity contribution >= 4 is 0 Å². The van der Waals surface area contributed by atoms with Crippen LogP contribution in [0, 0.1) is 0 Å². The van der Waals surface area contributed by atoms with Crippen molar-refractivity contribution in [1.82, 2.24) is 15.2 Å². The van der Waals surface area contributed by atoms with Crippen molar-refractivity contribution < 1.29 is 0 Å². The maximum atomic E-state index is 4.09. The summed E-state index contributed by atoms with van der Waals surface area (Å²) in [4.78, 5) is 6.66. The van der Waals surface area contributed by atoms with Crippen molar-refractivity contribution in [2.24, 2.45) is 0 Å². The molecule has 0 spiro atoms. The molecule has 2 heterocycles. The predicted octanol–water partition coefficient (Wildman–Crippen LogP) is 2.22. The zero-order chi connectivity index (χ0) is 12.1. The molecule has 3 nitrogen and oxygen atoms in total. The molecule has 1 aromatic rings. The number of piperidine rings is 1. The molecule has 2 rings (SSSR count). The van der Waals surface area contributed by atoms with Gasteiger partial charge in [0.25, 0.3) is 0 Å². The summed E-state index contributed by atoms with van der Waals surface area (Å²) in [6.07, 6.45) is 6.38. The third kappa shape index (κ3) is 3.27. The van der Waals surface area contributed by atoms with Crippen LogP contribution in [0.25, 0.3) is 0 Å². The summed E-state index contributed by atoms with van der Waals surface area (Å²) in [7, 11) is 0. The monoisotopic (exact) mass is 233 g/mol. The lowest BCUT2D eigenvalue weighted by Gasteiger charge is -2.37. The Morgan fingerprint density at radius 1 is 1.47 bits per heavy atom. The molecule has 0 amide bonds. The van der Waals surface area contributed by atoms with Gasteiger partial charge < -0.3 is 5.32 Å². The fraction of sp³-hybridized carbons (Fsp3) is 0.643. The second-order valence-corrected chi connectivity index (χ2v) is 4.85. The first-order valence-corrected chi connectivity index (χ1v) is 6.68. The number of nitrogens with zero attached hydrogens (tertiary/aromatic N) is 2. The smallest absolute Gasteiger partial charge is 0.0321 e. The molecule has 1 fully saturated rings. The molecule has 2 atom stereocenters.